The van der Waals surface area contributed by atoms with E-state index >= 15 is 0 Å². The van der Waals surface area contributed by atoms with Crippen molar-refractivity contribution in [3.8, 4) is 0 Å². The molecule has 144 valence electrons. The Kier molecular flexibility index (Phi) is 6.35. The summed E-state index contributed by atoms with van der Waals surface area (Å²) in [5.74, 6) is -1.83. The SMILES string of the molecule is CN1C(=O)C[C@@H](C(=O)Nc2ccc(C(=O)[O-])cc2)SC1=Nc1ccc(I)cc1. The van der Waals surface area contributed by atoms with Crippen molar-refractivity contribution in [2.45, 2.75) is 11.7 Å². The second-order valence-corrected chi connectivity index (χ2v) is 8.40. The first-order valence-electron chi connectivity index (χ1n) is 8.23. The second kappa shape index (κ2) is 8.74. The summed E-state index contributed by atoms with van der Waals surface area (Å²) in [5, 5.41) is 13.3. The number of amidine groups is 1. The lowest BCUT2D eigenvalue weighted by molar-refractivity contribution is -0.255. The van der Waals surface area contributed by atoms with Gasteiger partial charge >= 0.3 is 0 Å². The molecule has 1 saturated heterocycles. The van der Waals surface area contributed by atoms with E-state index in [2.05, 4.69) is 32.9 Å². The van der Waals surface area contributed by atoms with Crippen molar-refractivity contribution in [3.05, 3.63) is 57.7 Å². The van der Waals surface area contributed by atoms with E-state index in [1.807, 2.05) is 24.3 Å². The van der Waals surface area contributed by atoms with Crippen LogP contribution in [0.15, 0.2) is 53.5 Å². The fourth-order valence-electron chi connectivity index (χ4n) is 2.44. The second-order valence-electron chi connectivity index (χ2n) is 5.99. The van der Waals surface area contributed by atoms with Gasteiger partial charge in [0, 0.05) is 22.7 Å². The molecule has 1 atom stereocenters. The lowest BCUT2D eigenvalue weighted by Gasteiger charge is -2.28. The third kappa shape index (κ3) is 4.90. The van der Waals surface area contributed by atoms with E-state index in [0.29, 0.717) is 16.5 Å². The molecule has 0 saturated carbocycles. The molecule has 28 heavy (non-hydrogen) atoms. The van der Waals surface area contributed by atoms with E-state index in [4.69, 9.17) is 0 Å². The summed E-state index contributed by atoms with van der Waals surface area (Å²) in [4.78, 5) is 41.6. The Bertz CT molecular complexity index is 945. The van der Waals surface area contributed by atoms with E-state index in [9.17, 15) is 19.5 Å². The zero-order valence-electron chi connectivity index (χ0n) is 14.7. The molecule has 2 amide bonds. The Morgan fingerprint density at radius 3 is 2.43 bits per heavy atom. The number of anilines is 1. The van der Waals surface area contributed by atoms with Crippen LogP contribution in [0.5, 0.6) is 0 Å². The molecule has 0 aromatic heterocycles. The van der Waals surface area contributed by atoms with Crippen molar-refractivity contribution in [1.29, 1.82) is 0 Å². The highest BCUT2D eigenvalue weighted by Crippen LogP contribution is 2.29. The number of amides is 2. The van der Waals surface area contributed by atoms with E-state index < -0.39 is 11.2 Å². The maximum Gasteiger partial charge on any atom is 0.238 e. The average molecular weight is 508 g/mol. The van der Waals surface area contributed by atoms with Crippen LogP contribution in [-0.2, 0) is 9.59 Å². The summed E-state index contributed by atoms with van der Waals surface area (Å²) in [6, 6.07) is 13.2. The molecule has 0 radical (unpaired) electrons. The maximum atomic E-state index is 12.6. The van der Waals surface area contributed by atoms with Crippen LogP contribution in [0, 0.1) is 3.57 Å². The van der Waals surface area contributed by atoms with Gasteiger partial charge in [-0.2, -0.15) is 0 Å². The van der Waals surface area contributed by atoms with Crippen LogP contribution in [0.2, 0.25) is 0 Å². The molecular weight excluding hydrogens is 493 g/mol. The van der Waals surface area contributed by atoms with Crippen molar-refractivity contribution in [3.63, 3.8) is 0 Å². The molecule has 1 heterocycles. The Morgan fingerprint density at radius 1 is 1.18 bits per heavy atom. The number of nitrogens with one attached hydrogen (secondary N) is 1. The van der Waals surface area contributed by atoms with Gasteiger partial charge in [-0.15, -0.1) is 0 Å². The van der Waals surface area contributed by atoms with Crippen molar-refractivity contribution in [1.82, 2.24) is 4.90 Å². The number of carbonyl (C=O) groups excluding carboxylic acids is 3. The van der Waals surface area contributed by atoms with Gasteiger partial charge in [0.05, 0.1) is 11.7 Å². The standard InChI is InChI=1S/C19H16IN3O4S/c1-23-16(24)10-15(28-19(23)22-14-8-4-12(20)5-9-14)17(25)21-13-6-2-11(3-7-13)18(26)27/h2-9,15H,10H2,1H3,(H,21,25)(H,26,27)/p-1/t15-/m0/s1. The van der Waals surface area contributed by atoms with Gasteiger partial charge in [-0.25, -0.2) is 4.99 Å². The Hall–Kier alpha value is -2.40. The predicted molar refractivity (Wildman–Crippen MR) is 114 cm³/mol. The summed E-state index contributed by atoms with van der Waals surface area (Å²) >= 11 is 3.41. The van der Waals surface area contributed by atoms with Crippen LogP contribution in [0.4, 0.5) is 11.4 Å². The number of carbonyl (C=O) groups is 3. The summed E-state index contributed by atoms with van der Waals surface area (Å²) in [5.41, 5.74) is 1.16. The topological polar surface area (TPSA) is 102 Å². The number of hydrogen-bond acceptors (Lipinski definition) is 6. The molecule has 7 nitrogen and oxygen atoms in total. The smallest absolute Gasteiger partial charge is 0.238 e. The number of nitrogens with zero attached hydrogens (tertiary/aromatic N) is 2. The first kappa shape index (κ1) is 20.3. The molecule has 1 aliphatic rings. The molecule has 0 bridgehead atoms. The Balaban J connectivity index is 1.74. The van der Waals surface area contributed by atoms with Gasteiger partial charge in [0.2, 0.25) is 11.8 Å². The van der Waals surface area contributed by atoms with E-state index in [0.717, 1.165) is 3.57 Å². The van der Waals surface area contributed by atoms with Crippen LogP contribution in [0.3, 0.4) is 0 Å². The number of carboxylic acid groups (broad SMARTS) is 1. The monoisotopic (exact) mass is 508 g/mol. The van der Waals surface area contributed by atoms with Crippen LogP contribution in [-0.4, -0.2) is 40.1 Å². The molecular formula is C19H15IN3O4S-. The van der Waals surface area contributed by atoms with Crippen LogP contribution < -0.4 is 10.4 Å². The number of halogens is 1. The average Bonchev–Trinajstić information content (AvgIpc) is 2.67. The first-order valence-corrected chi connectivity index (χ1v) is 10.2. The van der Waals surface area contributed by atoms with E-state index in [-0.39, 0.29) is 23.8 Å². The summed E-state index contributed by atoms with van der Waals surface area (Å²) in [7, 11) is 1.63. The summed E-state index contributed by atoms with van der Waals surface area (Å²) < 4.78 is 1.07. The van der Waals surface area contributed by atoms with Gasteiger partial charge in [0.1, 0.15) is 5.25 Å². The van der Waals surface area contributed by atoms with Crippen molar-refractivity contribution >= 4 is 68.7 Å². The molecule has 0 spiro atoms. The number of thioether (sulfide) groups is 1. The number of hydrogen-bond donors (Lipinski definition) is 1. The highest BCUT2D eigenvalue weighted by molar-refractivity contribution is 14.1. The molecule has 0 unspecified atom stereocenters. The van der Waals surface area contributed by atoms with E-state index in [1.165, 1.54) is 40.9 Å². The quantitative estimate of drug-likeness (QED) is 0.639. The van der Waals surface area contributed by atoms with Crippen LogP contribution >= 0.6 is 34.4 Å². The number of aliphatic imine (C=N–C) groups is 1. The lowest BCUT2D eigenvalue weighted by Crippen LogP contribution is -2.43. The van der Waals surface area contributed by atoms with E-state index in [1.54, 1.807) is 7.05 Å². The highest BCUT2D eigenvalue weighted by Gasteiger charge is 2.34. The van der Waals surface area contributed by atoms with Crippen molar-refractivity contribution < 1.29 is 19.5 Å². The molecule has 3 rings (SSSR count). The van der Waals surface area contributed by atoms with Crippen LogP contribution in [0.1, 0.15) is 16.8 Å². The number of rotatable bonds is 4. The van der Waals surface area contributed by atoms with Crippen LogP contribution in [0.25, 0.3) is 0 Å². The van der Waals surface area contributed by atoms with Gasteiger partial charge in [-0.1, -0.05) is 23.9 Å². The van der Waals surface area contributed by atoms with Crippen molar-refractivity contribution in [2.75, 3.05) is 12.4 Å². The molecule has 1 N–H and O–H groups in total. The molecule has 2 aromatic rings. The van der Waals surface area contributed by atoms with Gasteiger partial charge in [0.15, 0.2) is 5.17 Å². The minimum atomic E-state index is -1.29. The summed E-state index contributed by atoms with van der Waals surface area (Å²) in [6.07, 6.45) is 0.0514. The van der Waals surface area contributed by atoms with Gasteiger partial charge in [-0.3, -0.25) is 14.5 Å². The molecule has 1 aliphatic heterocycles. The Labute approximate surface area is 179 Å². The highest BCUT2D eigenvalue weighted by atomic mass is 127. The van der Waals surface area contributed by atoms with Gasteiger partial charge in [-0.05, 0) is 64.6 Å². The molecule has 2 aromatic carbocycles. The Morgan fingerprint density at radius 2 is 1.82 bits per heavy atom. The number of aromatic carboxylic acids is 1. The maximum absolute atomic E-state index is 12.6. The lowest BCUT2D eigenvalue weighted by atomic mass is 10.2. The zero-order valence-corrected chi connectivity index (χ0v) is 17.7. The summed E-state index contributed by atoms with van der Waals surface area (Å²) in [6.45, 7) is 0. The fourth-order valence-corrected chi connectivity index (χ4v) is 3.86. The molecule has 1 fully saturated rings. The fraction of sp³-hybridized carbons (Fsp3) is 0.158. The van der Waals surface area contributed by atoms with Gasteiger partial charge < -0.3 is 15.2 Å². The van der Waals surface area contributed by atoms with Gasteiger partial charge in [0.25, 0.3) is 0 Å². The largest absolute Gasteiger partial charge is 0.545 e. The predicted octanol–water partition coefficient (Wildman–Crippen LogP) is 2.24. The molecule has 9 heteroatoms. The normalized spacial score (nSPS) is 18.2. The minimum Gasteiger partial charge on any atom is -0.545 e. The third-order valence-corrected chi connectivity index (χ3v) is 5.96. The third-order valence-electron chi connectivity index (χ3n) is 4.00. The van der Waals surface area contributed by atoms with Crippen molar-refractivity contribution in [2.24, 2.45) is 4.99 Å². The molecule has 0 aliphatic carbocycles. The zero-order chi connectivity index (χ0) is 20.3. The number of benzene rings is 2. The number of carboxylic acids is 1. The minimum absolute atomic E-state index is 0.0220. The first-order chi connectivity index (χ1) is 13.3.